The summed E-state index contributed by atoms with van der Waals surface area (Å²) in [5, 5.41) is 15.9. The molecule has 1 N–H and O–H groups in total. The molecule has 23 heavy (non-hydrogen) atoms. The van der Waals surface area contributed by atoms with E-state index in [1.165, 1.54) is 11.1 Å². The Hall–Kier alpha value is -2.53. The van der Waals surface area contributed by atoms with Crippen molar-refractivity contribution in [2.45, 2.75) is 31.8 Å². The molecule has 0 saturated carbocycles. The van der Waals surface area contributed by atoms with Gasteiger partial charge in [0.1, 0.15) is 0 Å². The van der Waals surface area contributed by atoms with Crippen molar-refractivity contribution < 1.29 is 0 Å². The van der Waals surface area contributed by atoms with Crippen LogP contribution in [-0.2, 0) is 12.8 Å². The van der Waals surface area contributed by atoms with Gasteiger partial charge in [-0.25, -0.2) is 0 Å². The van der Waals surface area contributed by atoms with Crippen molar-refractivity contribution in [1.29, 1.82) is 0 Å². The van der Waals surface area contributed by atoms with E-state index in [0.29, 0.717) is 6.04 Å². The number of tetrazole rings is 1. The summed E-state index contributed by atoms with van der Waals surface area (Å²) in [6.07, 6.45) is 2.13. The Morgan fingerprint density at radius 2 is 1.65 bits per heavy atom. The molecule has 1 aromatic heterocycles. The minimum atomic E-state index is 0.0875. The van der Waals surface area contributed by atoms with Crippen LogP contribution in [0.2, 0.25) is 0 Å². The molecule has 0 radical (unpaired) electrons. The summed E-state index contributed by atoms with van der Waals surface area (Å²) in [7, 11) is 0. The Balaban J connectivity index is 1.51. The fourth-order valence-electron chi connectivity index (χ4n) is 3.32. The highest BCUT2D eigenvalue weighted by atomic mass is 15.5. The molecule has 116 valence electrons. The second-order valence-corrected chi connectivity index (χ2v) is 6.05. The Bertz CT molecular complexity index is 771. The van der Waals surface area contributed by atoms with Crippen molar-refractivity contribution in [3.8, 4) is 5.69 Å². The zero-order valence-electron chi connectivity index (χ0n) is 13.1. The zero-order chi connectivity index (χ0) is 15.6. The molecule has 1 atom stereocenters. The highest BCUT2D eigenvalue weighted by Gasteiger charge is 2.24. The fourth-order valence-corrected chi connectivity index (χ4v) is 3.32. The first-order chi connectivity index (χ1) is 11.3. The molecule has 3 aromatic rings. The maximum atomic E-state index is 4.22. The van der Waals surface area contributed by atoms with E-state index < -0.39 is 0 Å². The molecule has 0 aliphatic heterocycles. The predicted octanol–water partition coefficient (Wildman–Crippen LogP) is 2.48. The highest BCUT2D eigenvalue weighted by Crippen LogP contribution is 2.24. The van der Waals surface area contributed by atoms with E-state index in [0.717, 1.165) is 24.4 Å². The van der Waals surface area contributed by atoms with E-state index in [1.807, 2.05) is 30.3 Å². The number of benzene rings is 2. The van der Waals surface area contributed by atoms with Crippen molar-refractivity contribution in [2.24, 2.45) is 0 Å². The average Bonchev–Trinajstić information content (AvgIpc) is 3.22. The van der Waals surface area contributed by atoms with Crippen LogP contribution in [0.3, 0.4) is 0 Å². The van der Waals surface area contributed by atoms with Gasteiger partial charge in [-0.2, -0.15) is 4.68 Å². The molecule has 1 aliphatic carbocycles. The minimum absolute atomic E-state index is 0.0875. The molecule has 1 aliphatic rings. The van der Waals surface area contributed by atoms with Gasteiger partial charge >= 0.3 is 0 Å². The molecule has 0 fully saturated rings. The zero-order valence-corrected chi connectivity index (χ0v) is 13.1. The Morgan fingerprint density at radius 3 is 2.35 bits per heavy atom. The molecular formula is C18H19N5. The second-order valence-electron chi connectivity index (χ2n) is 6.05. The van der Waals surface area contributed by atoms with Crippen molar-refractivity contribution in [2.75, 3.05) is 0 Å². The number of nitrogens with zero attached hydrogens (tertiary/aromatic N) is 4. The standard InChI is InChI=1S/C18H19N5/c1-13(19-16-11-14-7-5-6-8-15(14)12-16)18-20-21-22-23(18)17-9-3-2-4-10-17/h2-10,13,16,19H,11-12H2,1H3. The third kappa shape index (κ3) is 2.75. The first-order valence-electron chi connectivity index (χ1n) is 7.98. The first-order valence-corrected chi connectivity index (χ1v) is 7.98. The van der Waals surface area contributed by atoms with Gasteiger partial charge in [0, 0.05) is 6.04 Å². The fraction of sp³-hybridized carbons (Fsp3) is 0.278. The third-order valence-corrected chi connectivity index (χ3v) is 4.42. The van der Waals surface area contributed by atoms with E-state index in [1.54, 1.807) is 4.68 Å². The van der Waals surface area contributed by atoms with Gasteiger partial charge in [-0.3, -0.25) is 0 Å². The van der Waals surface area contributed by atoms with Crippen LogP contribution in [0.1, 0.15) is 29.9 Å². The number of para-hydroxylation sites is 1. The summed E-state index contributed by atoms with van der Waals surface area (Å²) in [5.41, 5.74) is 3.87. The quantitative estimate of drug-likeness (QED) is 0.804. The largest absolute Gasteiger partial charge is 0.304 e. The van der Waals surface area contributed by atoms with E-state index >= 15 is 0 Å². The second kappa shape index (κ2) is 5.93. The number of hydrogen-bond acceptors (Lipinski definition) is 4. The topological polar surface area (TPSA) is 55.6 Å². The minimum Gasteiger partial charge on any atom is -0.304 e. The summed E-state index contributed by atoms with van der Waals surface area (Å²) in [6, 6.07) is 19.2. The lowest BCUT2D eigenvalue weighted by molar-refractivity contribution is 0.446. The van der Waals surface area contributed by atoms with Crippen LogP contribution in [-0.4, -0.2) is 26.2 Å². The lowest BCUT2D eigenvalue weighted by atomic mass is 10.1. The number of rotatable bonds is 4. The monoisotopic (exact) mass is 305 g/mol. The van der Waals surface area contributed by atoms with Crippen LogP contribution < -0.4 is 5.32 Å². The van der Waals surface area contributed by atoms with E-state index in [-0.39, 0.29) is 6.04 Å². The molecular weight excluding hydrogens is 286 g/mol. The van der Waals surface area contributed by atoms with Gasteiger partial charge in [0.2, 0.25) is 0 Å². The summed E-state index contributed by atoms with van der Waals surface area (Å²) >= 11 is 0. The number of hydrogen-bond donors (Lipinski definition) is 1. The molecule has 1 unspecified atom stereocenters. The molecule has 2 aromatic carbocycles. The Morgan fingerprint density at radius 1 is 1.00 bits per heavy atom. The predicted molar refractivity (Wildman–Crippen MR) is 88.3 cm³/mol. The maximum absolute atomic E-state index is 4.22. The first kappa shape index (κ1) is 14.1. The lowest BCUT2D eigenvalue weighted by Crippen LogP contribution is -2.33. The third-order valence-electron chi connectivity index (χ3n) is 4.42. The van der Waals surface area contributed by atoms with Gasteiger partial charge in [-0.1, -0.05) is 42.5 Å². The summed E-state index contributed by atoms with van der Waals surface area (Å²) < 4.78 is 1.81. The molecule has 4 rings (SSSR count). The molecule has 0 amide bonds. The number of fused-ring (bicyclic) bond motifs is 1. The molecule has 5 nitrogen and oxygen atoms in total. The normalized spacial score (nSPS) is 15.5. The van der Waals surface area contributed by atoms with Crippen LogP contribution >= 0.6 is 0 Å². The van der Waals surface area contributed by atoms with E-state index in [9.17, 15) is 0 Å². The Labute approximate surface area is 135 Å². The van der Waals surface area contributed by atoms with Crippen molar-refractivity contribution >= 4 is 0 Å². The van der Waals surface area contributed by atoms with E-state index in [2.05, 4.69) is 52.0 Å². The lowest BCUT2D eigenvalue weighted by Gasteiger charge is -2.18. The van der Waals surface area contributed by atoms with Crippen LogP contribution in [0, 0.1) is 0 Å². The van der Waals surface area contributed by atoms with Gasteiger partial charge in [0.05, 0.1) is 11.7 Å². The number of aromatic nitrogens is 4. The number of nitrogens with one attached hydrogen (secondary N) is 1. The van der Waals surface area contributed by atoms with Gasteiger partial charge in [0.15, 0.2) is 5.82 Å². The smallest absolute Gasteiger partial charge is 0.173 e. The summed E-state index contributed by atoms with van der Waals surface area (Å²) in [4.78, 5) is 0. The highest BCUT2D eigenvalue weighted by molar-refractivity contribution is 5.34. The van der Waals surface area contributed by atoms with Crippen molar-refractivity contribution in [1.82, 2.24) is 25.5 Å². The van der Waals surface area contributed by atoms with Crippen LogP contribution in [0.15, 0.2) is 54.6 Å². The van der Waals surface area contributed by atoms with Crippen LogP contribution in [0.5, 0.6) is 0 Å². The summed E-state index contributed by atoms with van der Waals surface area (Å²) in [5.74, 6) is 0.840. The summed E-state index contributed by atoms with van der Waals surface area (Å²) in [6.45, 7) is 2.12. The maximum Gasteiger partial charge on any atom is 0.173 e. The Kier molecular flexibility index (Phi) is 3.63. The molecule has 5 heteroatoms. The van der Waals surface area contributed by atoms with Crippen molar-refractivity contribution in [3.05, 3.63) is 71.5 Å². The van der Waals surface area contributed by atoms with Crippen LogP contribution in [0.4, 0.5) is 0 Å². The van der Waals surface area contributed by atoms with E-state index in [4.69, 9.17) is 0 Å². The molecule has 0 bridgehead atoms. The molecule has 1 heterocycles. The molecule has 0 saturated heterocycles. The van der Waals surface area contributed by atoms with Gasteiger partial charge in [-0.15, -0.1) is 5.10 Å². The van der Waals surface area contributed by atoms with Crippen molar-refractivity contribution in [3.63, 3.8) is 0 Å². The SMILES string of the molecule is CC(NC1Cc2ccccc2C1)c1nnnn1-c1ccccc1. The average molecular weight is 305 g/mol. The molecule has 0 spiro atoms. The van der Waals surface area contributed by atoms with Crippen LogP contribution in [0.25, 0.3) is 5.69 Å². The van der Waals surface area contributed by atoms with Gasteiger partial charge in [-0.05, 0) is 53.5 Å². The van der Waals surface area contributed by atoms with Gasteiger partial charge in [0.25, 0.3) is 0 Å². The van der Waals surface area contributed by atoms with Gasteiger partial charge < -0.3 is 5.32 Å².